The van der Waals surface area contributed by atoms with Gasteiger partial charge in [0.2, 0.25) is 0 Å². The summed E-state index contributed by atoms with van der Waals surface area (Å²) < 4.78 is 13.1. The van der Waals surface area contributed by atoms with Crippen molar-refractivity contribution in [1.29, 1.82) is 0 Å². The molecule has 14 heavy (non-hydrogen) atoms. The second kappa shape index (κ2) is 4.09. The number of hydrogen-bond donors (Lipinski definition) is 1. The lowest BCUT2D eigenvalue weighted by Crippen LogP contribution is -2.01. The number of hydrogen-bond acceptors (Lipinski definition) is 2. The molecule has 76 valence electrons. The van der Waals surface area contributed by atoms with Crippen LogP contribution >= 0.6 is 23.4 Å². The van der Waals surface area contributed by atoms with E-state index in [1.165, 1.54) is 12.1 Å². The third-order valence-electron chi connectivity index (χ3n) is 2.34. The highest BCUT2D eigenvalue weighted by Crippen LogP contribution is 2.35. The number of thioether (sulfide) groups is 1. The molecule has 1 aliphatic rings. The van der Waals surface area contributed by atoms with E-state index < -0.39 is 6.10 Å². The van der Waals surface area contributed by atoms with E-state index in [0.717, 1.165) is 17.1 Å². The molecule has 0 fully saturated rings. The summed E-state index contributed by atoms with van der Waals surface area (Å²) in [4.78, 5) is 0. The zero-order valence-electron chi connectivity index (χ0n) is 7.46. The summed E-state index contributed by atoms with van der Waals surface area (Å²) in [6.07, 6.45) is 0.0884. The van der Waals surface area contributed by atoms with Gasteiger partial charge in [-0.2, -0.15) is 11.8 Å². The molecule has 0 aliphatic carbocycles. The van der Waals surface area contributed by atoms with Gasteiger partial charge < -0.3 is 5.11 Å². The van der Waals surface area contributed by atoms with Crippen LogP contribution in [-0.4, -0.2) is 10.9 Å². The molecule has 0 bridgehead atoms. The van der Waals surface area contributed by atoms with Crippen LogP contribution in [0.4, 0.5) is 4.39 Å². The van der Waals surface area contributed by atoms with Gasteiger partial charge in [-0.15, -0.1) is 0 Å². The number of halogens is 2. The van der Waals surface area contributed by atoms with Crippen molar-refractivity contribution in [3.05, 3.63) is 34.1 Å². The molecular weight excluding hydrogens is 223 g/mol. The van der Waals surface area contributed by atoms with E-state index >= 15 is 0 Å². The van der Waals surface area contributed by atoms with Gasteiger partial charge >= 0.3 is 0 Å². The van der Waals surface area contributed by atoms with Crippen molar-refractivity contribution in [1.82, 2.24) is 0 Å². The quantitative estimate of drug-likeness (QED) is 0.742. The van der Waals surface area contributed by atoms with Gasteiger partial charge in [-0.25, -0.2) is 4.39 Å². The Morgan fingerprint density at radius 1 is 1.50 bits per heavy atom. The Balaban J connectivity index is 2.53. The van der Waals surface area contributed by atoms with E-state index in [-0.39, 0.29) is 5.82 Å². The first-order valence-corrected chi connectivity index (χ1v) is 5.95. The second-order valence-electron chi connectivity index (χ2n) is 3.31. The van der Waals surface area contributed by atoms with Crippen molar-refractivity contribution in [2.75, 3.05) is 5.75 Å². The maximum atomic E-state index is 13.1. The molecule has 1 atom stereocenters. The predicted octanol–water partition coefficient (Wildman–Crippen LogP) is 3.15. The minimum absolute atomic E-state index is 0.375. The van der Waals surface area contributed by atoms with Crippen molar-refractivity contribution >= 4 is 23.4 Å². The smallest absolute Gasteiger partial charge is 0.125 e. The topological polar surface area (TPSA) is 20.2 Å². The molecule has 1 nitrogen and oxygen atoms in total. The Hall–Kier alpha value is -0.250. The Kier molecular flexibility index (Phi) is 3.00. The Morgan fingerprint density at radius 2 is 2.29 bits per heavy atom. The molecule has 1 aromatic rings. The summed E-state index contributed by atoms with van der Waals surface area (Å²) in [7, 11) is 0. The minimum atomic E-state index is -0.576. The summed E-state index contributed by atoms with van der Waals surface area (Å²) in [6.45, 7) is 0. The van der Waals surface area contributed by atoms with Crippen molar-refractivity contribution in [2.45, 2.75) is 18.3 Å². The van der Waals surface area contributed by atoms with Crippen LogP contribution in [0.1, 0.15) is 23.7 Å². The highest BCUT2D eigenvalue weighted by atomic mass is 35.5. The molecule has 1 N–H and O–H groups in total. The number of benzene rings is 1. The molecular formula is C10H10ClFOS. The van der Waals surface area contributed by atoms with Crippen LogP contribution in [0.15, 0.2) is 12.1 Å². The van der Waals surface area contributed by atoms with Crippen LogP contribution in [0.25, 0.3) is 0 Å². The molecule has 0 spiro atoms. The molecule has 0 saturated heterocycles. The molecule has 1 aromatic carbocycles. The maximum absolute atomic E-state index is 13.1. The SMILES string of the molecule is OC1CCSCc2c(Cl)cc(F)cc21. The first-order chi connectivity index (χ1) is 6.68. The lowest BCUT2D eigenvalue weighted by Gasteiger charge is -2.12. The van der Waals surface area contributed by atoms with Crippen LogP contribution < -0.4 is 0 Å². The Labute approximate surface area is 91.3 Å². The zero-order valence-corrected chi connectivity index (χ0v) is 9.04. The normalized spacial score (nSPS) is 21.5. The summed E-state index contributed by atoms with van der Waals surface area (Å²) in [5, 5.41) is 10.2. The summed E-state index contributed by atoms with van der Waals surface area (Å²) >= 11 is 7.64. The van der Waals surface area contributed by atoms with E-state index in [9.17, 15) is 9.50 Å². The fourth-order valence-corrected chi connectivity index (χ4v) is 3.02. The van der Waals surface area contributed by atoms with E-state index in [2.05, 4.69) is 0 Å². The monoisotopic (exact) mass is 232 g/mol. The van der Waals surface area contributed by atoms with Gasteiger partial charge in [0.05, 0.1) is 6.10 Å². The lowest BCUT2D eigenvalue weighted by atomic mass is 10.0. The molecule has 0 radical (unpaired) electrons. The third kappa shape index (κ3) is 1.90. The van der Waals surface area contributed by atoms with Crippen molar-refractivity contribution in [2.24, 2.45) is 0 Å². The Bertz CT molecular complexity index is 356. The molecule has 1 aliphatic heterocycles. The van der Waals surface area contributed by atoms with Gasteiger partial charge in [0.25, 0.3) is 0 Å². The molecule has 0 amide bonds. The summed E-state index contributed by atoms with van der Waals surface area (Å²) in [5.74, 6) is 1.26. The molecule has 0 aromatic heterocycles. The van der Waals surface area contributed by atoms with Crippen molar-refractivity contribution < 1.29 is 9.50 Å². The molecule has 4 heteroatoms. The maximum Gasteiger partial charge on any atom is 0.125 e. The molecule has 0 saturated carbocycles. The largest absolute Gasteiger partial charge is 0.388 e. The molecule has 2 rings (SSSR count). The predicted molar refractivity (Wildman–Crippen MR) is 57.1 cm³/mol. The van der Waals surface area contributed by atoms with E-state index in [4.69, 9.17) is 11.6 Å². The third-order valence-corrected chi connectivity index (χ3v) is 3.69. The van der Waals surface area contributed by atoms with Crippen molar-refractivity contribution in [3.8, 4) is 0 Å². The van der Waals surface area contributed by atoms with Crippen LogP contribution in [0.5, 0.6) is 0 Å². The van der Waals surface area contributed by atoms with Crippen LogP contribution in [0, 0.1) is 5.82 Å². The highest BCUT2D eigenvalue weighted by Gasteiger charge is 2.19. The van der Waals surface area contributed by atoms with E-state index in [1.807, 2.05) is 0 Å². The van der Waals surface area contributed by atoms with Crippen LogP contribution in [0.2, 0.25) is 5.02 Å². The van der Waals surface area contributed by atoms with Gasteiger partial charge in [0, 0.05) is 10.8 Å². The minimum Gasteiger partial charge on any atom is -0.388 e. The fourth-order valence-electron chi connectivity index (χ4n) is 1.60. The van der Waals surface area contributed by atoms with E-state index in [0.29, 0.717) is 17.0 Å². The number of rotatable bonds is 0. The first-order valence-electron chi connectivity index (χ1n) is 4.42. The van der Waals surface area contributed by atoms with Crippen molar-refractivity contribution in [3.63, 3.8) is 0 Å². The van der Waals surface area contributed by atoms with Crippen LogP contribution in [0.3, 0.4) is 0 Å². The van der Waals surface area contributed by atoms with Gasteiger partial charge in [0.15, 0.2) is 0 Å². The van der Waals surface area contributed by atoms with Gasteiger partial charge in [-0.05, 0) is 35.4 Å². The number of fused-ring (bicyclic) bond motifs is 1. The average Bonchev–Trinajstić information content (AvgIpc) is 2.29. The first kappa shape index (κ1) is 10.3. The molecule has 1 heterocycles. The van der Waals surface area contributed by atoms with Gasteiger partial charge in [-0.3, -0.25) is 0 Å². The fraction of sp³-hybridized carbons (Fsp3) is 0.400. The summed E-state index contributed by atoms with van der Waals surface area (Å²) in [6, 6.07) is 2.69. The summed E-state index contributed by atoms with van der Waals surface area (Å²) in [5.41, 5.74) is 1.53. The zero-order chi connectivity index (χ0) is 10.1. The lowest BCUT2D eigenvalue weighted by molar-refractivity contribution is 0.174. The molecule has 1 unspecified atom stereocenters. The van der Waals surface area contributed by atoms with Gasteiger partial charge in [0.1, 0.15) is 5.82 Å². The van der Waals surface area contributed by atoms with Crippen LogP contribution in [-0.2, 0) is 5.75 Å². The Morgan fingerprint density at radius 3 is 3.07 bits per heavy atom. The average molecular weight is 233 g/mol. The van der Waals surface area contributed by atoms with E-state index in [1.54, 1.807) is 11.8 Å². The van der Waals surface area contributed by atoms with Gasteiger partial charge in [-0.1, -0.05) is 11.6 Å². The highest BCUT2D eigenvalue weighted by molar-refractivity contribution is 7.98. The number of aliphatic hydroxyl groups excluding tert-OH is 1. The second-order valence-corrected chi connectivity index (χ2v) is 4.82. The number of aliphatic hydroxyl groups is 1. The standard InChI is InChI=1S/C10H10ClFOS/c11-9-4-6(12)3-7-8(9)5-14-2-1-10(7)13/h3-4,10,13H,1-2,5H2.